The van der Waals surface area contributed by atoms with E-state index in [1.165, 1.54) is 44.4 Å². The summed E-state index contributed by atoms with van der Waals surface area (Å²) in [5.74, 6) is 1.36. The fraction of sp³-hybridized carbons (Fsp3) is 0.381. The number of rotatable bonds is 6. The van der Waals surface area contributed by atoms with Crippen LogP contribution in [0.1, 0.15) is 49.5 Å². The summed E-state index contributed by atoms with van der Waals surface area (Å²) in [5.41, 5.74) is 6.40. The number of anilines is 1. The van der Waals surface area contributed by atoms with Crippen LogP contribution in [0, 0.1) is 5.92 Å². The maximum Gasteiger partial charge on any atom is 0.267 e. The second kappa shape index (κ2) is 8.14. The van der Waals surface area contributed by atoms with Gasteiger partial charge in [0.15, 0.2) is 5.13 Å². The highest BCUT2D eigenvalue weighted by molar-refractivity contribution is 7.22. The first-order valence-electron chi connectivity index (χ1n) is 9.69. The lowest BCUT2D eigenvalue weighted by molar-refractivity contribution is 0.0995. The number of carbonyl (C=O) groups is 1. The van der Waals surface area contributed by atoms with Crippen LogP contribution in [-0.4, -0.2) is 21.9 Å². The Morgan fingerprint density at radius 2 is 2.00 bits per heavy atom. The lowest BCUT2D eigenvalue weighted by atomic mass is 9.85. The molecule has 28 heavy (non-hydrogen) atoms. The number of fused-ring (bicyclic) bond motifs is 1. The van der Waals surface area contributed by atoms with Crippen LogP contribution >= 0.6 is 11.3 Å². The van der Waals surface area contributed by atoms with E-state index in [9.17, 15) is 4.79 Å². The average Bonchev–Trinajstić information content (AvgIpc) is 3.10. The van der Waals surface area contributed by atoms with E-state index in [0.29, 0.717) is 17.5 Å². The first kappa shape index (κ1) is 18.7. The Kier molecular flexibility index (Phi) is 5.43. The third kappa shape index (κ3) is 4.25. The molecular weight excluding hydrogens is 372 g/mol. The summed E-state index contributed by atoms with van der Waals surface area (Å²) in [6, 6.07) is 9.46. The van der Waals surface area contributed by atoms with E-state index in [1.807, 2.05) is 18.2 Å². The summed E-state index contributed by atoms with van der Waals surface area (Å²) in [7, 11) is 0. The van der Waals surface area contributed by atoms with Crippen molar-refractivity contribution in [1.29, 1.82) is 0 Å². The highest BCUT2D eigenvalue weighted by atomic mass is 32.1. The third-order valence-electron chi connectivity index (χ3n) is 5.29. The molecule has 3 N–H and O–H groups in total. The van der Waals surface area contributed by atoms with Gasteiger partial charge < -0.3 is 15.8 Å². The predicted octanol–water partition coefficient (Wildman–Crippen LogP) is 4.96. The summed E-state index contributed by atoms with van der Waals surface area (Å²) in [5, 5.41) is 4.55. The van der Waals surface area contributed by atoms with Crippen molar-refractivity contribution in [2.45, 2.75) is 45.1 Å². The molecule has 1 saturated carbocycles. The second-order valence-corrected chi connectivity index (χ2v) is 8.35. The zero-order chi connectivity index (χ0) is 19.5. The molecule has 1 aliphatic rings. The Hall–Kier alpha value is -2.67. The normalized spacial score (nSPS) is 16.0. The Labute approximate surface area is 168 Å². The van der Waals surface area contributed by atoms with Gasteiger partial charge in [-0.15, -0.1) is 0 Å². The number of carbonyl (C=O) groups excluding carboxylic acids is 1. The summed E-state index contributed by atoms with van der Waals surface area (Å²) in [4.78, 5) is 19.9. The smallest absolute Gasteiger partial charge is 0.267 e. The minimum absolute atomic E-state index is 0.180. The van der Waals surface area contributed by atoms with Crippen molar-refractivity contribution < 1.29 is 9.53 Å². The van der Waals surface area contributed by atoms with E-state index in [2.05, 4.69) is 17.2 Å². The Bertz CT molecular complexity index is 981. The number of pyridine rings is 1. The minimum atomic E-state index is -0.578. The summed E-state index contributed by atoms with van der Waals surface area (Å²) in [6.07, 6.45) is 8.15. The Balaban J connectivity index is 1.48. The minimum Gasteiger partial charge on any atom is -0.457 e. The van der Waals surface area contributed by atoms with Gasteiger partial charge in [0.1, 0.15) is 17.2 Å². The highest BCUT2D eigenvalue weighted by Crippen LogP contribution is 2.33. The maximum atomic E-state index is 11.3. The molecule has 0 aliphatic heterocycles. The molecule has 6 nitrogen and oxygen atoms in total. The number of nitrogens with two attached hydrogens (primary N) is 1. The number of benzene rings is 1. The van der Waals surface area contributed by atoms with Crippen LogP contribution in [0.15, 0.2) is 36.5 Å². The molecule has 0 spiro atoms. The molecular formula is C21H24N4O2S. The molecule has 1 aliphatic carbocycles. The van der Waals surface area contributed by atoms with E-state index in [4.69, 9.17) is 15.5 Å². The number of nitrogens with zero attached hydrogens (tertiary/aromatic N) is 2. The van der Waals surface area contributed by atoms with Gasteiger partial charge in [-0.25, -0.2) is 4.98 Å². The second-order valence-electron chi connectivity index (χ2n) is 7.32. The van der Waals surface area contributed by atoms with Crippen LogP contribution < -0.4 is 15.8 Å². The van der Waals surface area contributed by atoms with Gasteiger partial charge in [-0.2, -0.15) is 0 Å². The monoisotopic (exact) mass is 396 g/mol. The van der Waals surface area contributed by atoms with Gasteiger partial charge in [0.2, 0.25) is 0 Å². The quantitative estimate of drug-likeness (QED) is 0.614. The van der Waals surface area contributed by atoms with Crippen LogP contribution in [0.25, 0.3) is 10.2 Å². The number of amides is 1. The fourth-order valence-electron chi connectivity index (χ4n) is 3.72. The van der Waals surface area contributed by atoms with Crippen molar-refractivity contribution in [3.63, 3.8) is 0 Å². The maximum absolute atomic E-state index is 11.3. The number of nitrogens with one attached hydrogen (secondary N) is 1. The van der Waals surface area contributed by atoms with E-state index in [0.717, 1.165) is 21.3 Å². The van der Waals surface area contributed by atoms with E-state index in [-0.39, 0.29) is 5.69 Å². The summed E-state index contributed by atoms with van der Waals surface area (Å²) in [6.45, 7) is 2.26. The van der Waals surface area contributed by atoms with E-state index >= 15 is 0 Å². The zero-order valence-corrected chi connectivity index (χ0v) is 16.7. The molecule has 1 fully saturated rings. The van der Waals surface area contributed by atoms with Gasteiger partial charge in [0.25, 0.3) is 5.91 Å². The van der Waals surface area contributed by atoms with Gasteiger partial charge in [0.05, 0.1) is 10.2 Å². The first-order chi connectivity index (χ1) is 13.6. The van der Waals surface area contributed by atoms with Crippen LogP contribution in [0.5, 0.6) is 11.5 Å². The molecule has 0 radical (unpaired) electrons. The summed E-state index contributed by atoms with van der Waals surface area (Å²) < 4.78 is 6.93. The fourth-order valence-corrected chi connectivity index (χ4v) is 4.71. The molecule has 2 heterocycles. The molecule has 146 valence electrons. The van der Waals surface area contributed by atoms with Crippen LogP contribution in [-0.2, 0) is 0 Å². The Morgan fingerprint density at radius 1 is 1.21 bits per heavy atom. The van der Waals surface area contributed by atoms with Crippen molar-refractivity contribution in [3.8, 4) is 11.5 Å². The number of primary amides is 1. The number of aromatic nitrogens is 2. The Morgan fingerprint density at radius 3 is 2.79 bits per heavy atom. The lowest BCUT2D eigenvalue weighted by Gasteiger charge is -2.28. The van der Waals surface area contributed by atoms with Gasteiger partial charge in [-0.1, -0.05) is 30.6 Å². The van der Waals surface area contributed by atoms with E-state index in [1.54, 1.807) is 17.4 Å². The first-order valence-corrected chi connectivity index (χ1v) is 10.5. The molecule has 2 aromatic heterocycles. The molecule has 0 saturated heterocycles. The van der Waals surface area contributed by atoms with Gasteiger partial charge in [-0.05, 0) is 43.9 Å². The van der Waals surface area contributed by atoms with Crippen molar-refractivity contribution in [2.75, 3.05) is 5.32 Å². The molecule has 3 aromatic rings. The molecule has 4 rings (SSSR count). The molecule has 1 unspecified atom stereocenters. The van der Waals surface area contributed by atoms with Gasteiger partial charge in [-0.3, -0.25) is 9.78 Å². The van der Waals surface area contributed by atoms with Crippen LogP contribution in [0.4, 0.5) is 5.13 Å². The number of thiazole rings is 1. The lowest BCUT2D eigenvalue weighted by Crippen LogP contribution is -2.27. The van der Waals surface area contributed by atoms with Crippen molar-refractivity contribution in [1.82, 2.24) is 9.97 Å². The predicted molar refractivity (Wildman–Crippen MR) is 112 cm³/mol. The largest absolute Gasteiger partial charge is 0.457 e. The average molecular weight is 397 g/mol. The van der Waals surface area contributed by atoms with Crippen LogP contribution in [0.2, 0.25) is 0 Å². The summed E-state index contributed by atoms with van der Waals surface area (Å²) >= 11 is 1.63. The third-order valence-corrected chi connectivity index (χ3v) is 6.24. The van der Waals surface area contributed by atoms with Crippen molar-refractivity contribution in [3.05, 3.63) is 42.2 Å². The SMILES string of the molecule is CC(Nc1nc2ccc(Oc3ccnc(C(N)=O)c3)cc2s1)C1CCCCC1. The highest BCUT2D eigenvalue weighted by Gasteiger charge is 2.20. The van der Waals surface area contributed by atoms with Crippen LogP contribution in [0.3, 0.4) is 0 Å². The van der Waals surface area contributed by atoms with E-state index < -0.39 is 5.91 Å². The van der Waals surface area contributed by atoms with Crippen molar-refractivity contribution >= 4 is 32.6 Å². The molecule has 7 heteroatoms. The zero-order valence-electron chi connectivity index (χ0n) is 15.9. The number of hydrogen-bond donors (Lipinski definition) is 2. The number of ether oxygens (including phenoxy) is 1. The topological polar surface area (TPSA) is 90.1 Å². The van der Waals surface area contributed by atoms with Crippen molar-refractivity contribution in [2.24, 2.45) is 11.7 Å². The molecule has 1 amide bonds. The standard InChI is InChI=1S/C21H24N4O2S/c1-13(14-5-3-2-4-6-14)24-21-25-17-8-7-15(12-19(17)28-21)27-16-9-10-23-18(11-16)20(22)26/h7-14H,2-6H2,1H3,(H2,22,26)(H,24,25). The number of hydrogen-bond acceptors (Lipinski definition) is 6. The molecule has 1 atom stereocenters. The molecule has 0 bridgehead atoms. The molecule has 1 aromatic carbocycles. The van der Waals surface area contributed by atoms with Gasteiger partial charge in [0, 0.05) is 24.4 Å². The van der Waals surface area contributed by atoms with Gasteiger partial charge >= 0.3 is 0 Å².